The van der Waals surface area contributed by atoms with Crippen LogP contribution in [-0.4, -0.2) is 42.3 Å². The third-order valence-corrected chi connectivity index (χ3v) is 6.08. The van der Waals surface area contributed by atoms with Crippen LogP contribution in [0.15, 0.2) is 48.5 Å². The average Bonchev–Trinajstić information content (AvgIpc) is 3.11. The van der Waals surface area contributed by atoms with Crippen molar-refractivity contribution in [2.45, 2.75) is 37.6 Å². The summed E-state index contributed by atoms with van der Waals surface area (Å²) in [6.45, 7) is -0.362. The number of hydrogen-bond donors (Lipinski definition) is 3. The number of carbonyl (C=O) groups excluding carboxylic acids is 2. The van der Waals surface area contributed by atoms with Gasteiger partial charge in [0.25, 0.3) is 0 Å². The Hall–Kier alpha value is -3.39. The van der Waals surface area contributed by atoms with Crippen LogP contribution in [0.25, 0.3) is 11.1 Å². The highest BCUT2D eigenvalue weighted by Gasteiger charge is 2.31. The van der Waals surface area contributed by atoms with Gasteiger partial charge in [0, 0.05) is 17.9 Å². The van der Waals surface area contributed by atoms with E-state index >= 15 is 0 Å². The van der Waals surface area contributed by atoms with Gasteiger partial charge in [0.2, 0.25) is 5.91 Å². The molecule has 2 amide bonds. The van der Waals surface area contributed by atoms with Crippen LogP contribution in [-0.2, 0) is 19.2 Å². The minimum absolute atomic E-state index is 0.00980. The highest BCUT2D eigenvalue weighted by atomic mass is 16.7. The van der Waals surface area contributed by atoms with Crippen molar-refractivity contribution >= 4 is 18.0 Å². The van der Waals surface area contributed by atoms with Crippen LogP contribution in [0, 0.1) is 5.92 Å². The van der Waals surface area contributed by atoms with Gasteiger partial charge < -0.3 is 15.2 Å². The van der Waals surface area contributed by atoms with Gasteiger partial charge in [-0.2, -0.15) is 0 Å². The number of rotatable bonds is 7. The van der Waals surface area contributed by atoms with E-state index < -0.39 is 18.7 Å². The highest BCUT2D eigenvalue weighted by Crippen LogP contribution is 2.44. The van der Waals surface area contributed by atoms with Gasteiger partial charge in [0.15, 0.2) is 6.61 Å². The molecule has 0 aromatic heterocycles. The number of amides is 2. The molecule has 8 nitrogen and oxygen atoms in total. The van der Waals surface area contributed by atoms with Crippen LogP contribution >= 0.6 is 0 Å². The molecular formula is C24H26N2O6. The molecule has 1 saturated carbocycles. The SMILES string of the molecule is O=C(O)CONC(=O)C1CCCC(NC(=O)OCC2c3ccccc3-c3ccccc32)C1. The zero-order valence-corrected chi connectivity index (χ0v) is 17.6. The van der Waals surface area contributed by atoms with Crippen molar-refractivity contribution in [1.29, 1.82) is 0 Å². The molecule has 168 valence electrons. The minimum Gasteiger partial charge on any atom is -0.479 e. The molecule has 32 heavy (non-hydrogen) atoms. The number of fused-ring (bicyclic) bond motifs is 3. The van der Waals surface area contributed by atoms with Crippen LogP contribution in [0.3, 0.4) is 0 Å². The molecule has 2 aromatic carbocycles. The predicted octanol–water partition coefficient (Wildman–Crippen LogP) is 3.22. The molecule has 8 heteroatoms. The number of nitrogens with one attached hydrogen (secondary N) is 2. The van der Waals surface area contributed by atoms with Gasteiger partial charge in [-0.15, -0.1) is 0 Å². The zero-order chi connectivity index (χ0) is 22.5. The summed E-state index contributed by atoms with van der Waals surface area (Å²) in [5.74, 6) is -1.89. The standard InChI is InChI=1S/C24H26N2O6/c27-22(28)14-32-26-23(29)15-6-5-7-16(12-15)25-24(30)31-13-21-19-10-3-1-8-17(19)18-9-2-4-11-20(18)21/h1-4,8-11,15-16,21H,5-7,12-14H2,(H,25,30)(H,26,29)(H,27,28). The Morgan fingerprint density at radius 1 is 0.969 bits per heavy atom. The lowest BCUT2D eigenvalue weighted by atomic mass is 9.85. The Balaban J connectivity index is 1.30. The quantitative estimate of drug-likeness (QED) is 0.572. The monoisotopic (exact) mass is 438 g/mol. The van der Waals surface area contributed by atoms with Crippen molar-refractivity contribution in [1.82, 2.24) is 10.8 Å². The number of ether oxygens (including phenoxy) is 1. The Bertz CT molecular complexity index is 962. The summed E-state index contributed by atoms with van der Waals surface area (Å²) in [7, 11) is 0. The molecule has 3 N–H and O–H groups in total. The van der Waals surface area contributed by atoms with Gasteiger partial charge in [-0.05, 0) is 41.5 Å². The van der Waals surface area contributed by atoms with Crippen LogP contribution in [0.5, 0.6) is 0 Å². The molecule has 2 aromatic rings. The number of carbonyl (C=O) groups is 3. The Morgan fingerprint density at radius 3 is 2.28 bits per heavy atom. The van der Waals surface area contributed by atoms with E-state index in [9.17, 15) is 14.4 Å². The number of alkyl carbamates (subject to hydrolysis) is 1. The number of hydroxylamine groups is 1. The predicted molar refractivity (Wildman–Crippen MR) is 116 cm³/mol. The van der Waals surface area contributed by atoms with E-state index in [1.807, 2.05) is 24.3 Å². The molecule has 0 bridgehead atoms. The van der Waals surface area contributed by atoms with Crippen molar-refractivity contribution in [3.05, 3.63) is 59.7 Å². The van der Waals surface area contributed by atoms with Crippen LogP contribution in [0.2, 0.25) is 0 Å². The van der Waals surface area contributed by atoms with Gasteiger partial charge >= 0.3 is 12.1 Å². The van der Waals surface area contributed by atoms with Gasteiger partial charge in [0.1, 0.15) is 6.61 Å². The van der Waals surface area contributed by atoms with E-state index in [-0.39, 0.29) is 30.4 Å². The second-order valence-electron chi connectivity index (χ2n) is 8.18. The lowest BCUT2D eigenvalue weighted by Crippen LogP contribution is -2.43. The molecule has 2 aliphatic rings. The topological polar surface area (TPSA) is 114 Å². The van der Waals surface area contributed by atoms with E-state index in [2.05, 4.69) is 39.9 Å². The van der Waals surface area contributed by atoms with Gasteiger partial charge in [-0.1, -0.05) is 55.0 Å². The average molecular weight is 438 g/mol. The smallest absolute Gasteiger partial charge is 0.407 e. The second kappa shape index (κ2) is 9.82. The minimum atomic E-state index is -1.16. The third kappa shape index (κ3) is 4.91. The molecule has 1 fully saturated rings. The van der Waals surface area contributed by atoms with Gasteiger partial charge in [0.05, 0.1) is 0 Å². The summed E-state index contributed by atoms with van der Waals surface area (Å²) < 4.78 is 5.59. The largest absolute Gasteiger partial charge is 0.479 e. The number of aliphatic carboxylic acids is 1. The van der Waals surface area contributed by atoms with Crippen molar-refractivity contribution in [2.75, 3.05) is 13.2 Å². The first-order valence-electron chi connectivity index (χ1n) is 10.8. The Morgan fingerprint density at radius 2 is 1.62 bits per heavy atom. The van der Waals surface area contributed by atoms with E-state index in [0.29, 0.717) is 12.8 Å². The first-order valence-corrected chi connectivity index (χ1v) is 10.8. The summed E-state index contributed by atoms with van der Waals surface area (Å²) in [5.41, 5.74) is 6.81. The van der Waals surface area contributed by atoms with Crippen LogP contribution in [0.1, 0.15) is 42.7 Å². The van der Waals surface area contributed by atoms with Crippen LogP contribution < -0.4 is 10.8 Å². The maximum absolute atomic E-state index is 12.5. The second-order valence-corrected chi connectivity index (χ2v) is 8.18. The lowest BCUT2D eigenvalue weighted by Gasteiger charge is -2.28. The highest BCUT2D eigenvalue weighted by molar-refractivity contribution is 5.79. The molecule has 0 aliphatic heterocycles. The van der Waals surface area contributed by atoms with Gasteiger partial charge in [-0.25, -0.2) is 15.1 Å². The number of carboxylic acids is 1. The van der Waals surface area contributed by atoms with E-state index in [0.717, 1.165) is 24.0 Å². The summed E-state index contributed by atoms with van der Waals surface area (Å²) in [6, 6.07) is 16.1. The molecule has 0 heterocycles. The summed E-state index contributed by atoms with van der Waals surface area (Å²) in [4.78, 5) is 39.8. The number of carboxylic acid groups (broad SMARTS) is 1. The molecular weight excluding hydrogens is 412 g/mol. The van der Waals surface area contributed by atoms with Crippen molar-refractivity contribution in [3.63, 3.8) is 0 Å². The maximum atomic E-state index is 12.5. The fourth-order valence-electron chi connectivity index (χ4n) is 4.62. The number of hydrogen-bond acceptors (Lipinski definition) is 5. The lowest BCUT2D eigenvalue weighted by molar-refractivity contribution is -0.151. The molecule has 0 spiro atoms. The molecule has 0 radical (unpaired) electrons. The summed E-state index contributed by atoms with van der Waals surface area (Å²) >= 11 is 0. The number of benzene rings is 2. The Labute approximate surface area is 185 Å². The molecule has 2 unspecified atom stereocenters. The van der Waals surface area contributed by atoms with Crippen molar-refractivity contribution < 1.29 is 29.1 Å². The molecule has 2 atom stereocenters. The van der Waals surface area contributed by atoms with Crippen molar-refractivity contribution in [2.24, 2.45) is 5.92 Å². The van der Waals surface area contributed by atoms with Gasteiger partial charge in [-0.3, -0.25) is 9.63 Å². The van der Waals surface area contributed by atoms with E-state index in [1.54, 1.807) is 0 Å². The molecule has 2 aliphatic carbocycles. The van der Waals surface area contributed by atoms with E-state index in [4.69, 9.17) is 9.84 Å². The first-order chi connectivity index (χ1) is 15.5. The first kappa shape index (κ1) is 21.8. The third-order valence-electron chi connectivity index (χ3n) is 6.08. The summed E-state index contributed by atoms with van der Waals surface area (Å²) in [5, 5.41) is 11.5. The fourth-order valence-corrected chi connectivity index (χ4v) is 4.62. The molecule has 0 saturated heterocycles. The normalized spacial score (nSPS) is 19.5. The maximum Gasteiger partial charge on any atom is 0.407 e. The Kier molecular flexibility index (Phi) is 6.70. The van der Waals surface area contributed by atoms with Crippen molar-refractivity contribution in [3.8, 4) is 11.1 Å². The fraction of sp³-hybridized carbons (Fsp3) is 0.375. The van der Waals surface area contributed by atoms with Crippen LogP contribution in [0.4, 0.5) is 4.79 Å². The molecule has 4 rings (SSSR count). The van der Waals surface area contributed by atoms with E-state index in [1.165, 1.54) is 11.1 Å². The zero-order valence-electron chi connectivity index (χ0n) is 17.6. The summed E-state index contributed by atoms with van der Waals surface area (Å²) in [6.07, 6.45) is 2.13.